The van der Waals surface area contributed by atoms with Crippen LogP contribution in [0.2, 0.25) is 0 Å². The number of hydrogen-bond acceptors (Lipinski definition) is 4. The first-order valence-corrected chi connectivity index (χ1v) is 11.6. The van der Waals surface area contributed by atoms with E-state index in [2.05, 4.69) is 22.8 Å². The minimum Gasteiger partial charge on any atom is -0.381 e. The largest absolute Gasteiger partial charge is 0.416 e. The summed E-state index contributed by atoms with van der Waals surface area (Å²) < 4.78 is 46.7. The Hall–Kier alpha value is -2.32. The summed E-state index contributed by atoms with van der Waals surface area (Å²) in [4.78, 5) is 12.3. The average Bonchev–Trinajstić information content (AvgIpc) is 2.80. The van der Waals surface area contributed by atoms with Crippen LogP contribution in [0.4, 0.5) is 18.9 Å². The average molecular weight is 464 g/mol. The topological polar surface area (TPSA) is 76.4 Å². The van der Waals surface area contributed by atoms with E-state index in [0.717, 1.165) is 25.3 Å². The summed E-state index contributed by atoms with van der Waals surface area (Å²) in [5.41, 5.74) is 6.47. The molecule has 1 unspecified atom stereocenters. The molecular weight excluding hydrogens is 431 g/mol. The lowest BCUT2D eigenvalue weighted by atomic mass is 9.73. The highest BCUT2D eigenvalue weighted by atomic mass is 19.4. The molecule has 4 rings (SSSR count). The number of halogens is 3. The Morgan fingerprint density at radius 2 is 2.06 bits per heavy atom. The smallest absolute Gasteiger partial charge is 0.381 e. The highest BCUT2D eigenvalue weighted by Gasteiger charge is 2.45. The molecule has 33 heavy (non-hydrogen) atoms. The van der Waals surface area contributed by atoms with Crippen LogP contribution < -0.4 is 16.4 Å². The molecule has 1 fully saturated rings. The Morgan fingerprint density at radius 1 is 1.27 bits per heavy atom. The number of carbonyl (C=O) groups excluding carboxylic acids is 1. The first-order valence-electron chi connectivity index (χ1n) is 11.6. The number of alkyl halides is 3. The van der Waals surface area contributed by atoms with E-state index in [1.807, 2.05) is 26.0 Å². The van der Waals surface area contributed by atoms with Crippen molar-refractivity contribution in [3.8, 4) is 0 Å². The van der Waals surface area contributed by atoms with Gasteiger partial charge in [0.25, 0.3) is 0 Å². The molecule has 5 nitrogen and oxygen atoms in total. The van der Waals surface area contributed by atoms with Crippen molar-refractivity contribution in [3.05, 3.63) is 53.6 Å². The lowest BCUT2D eigenvalue weighted by Crippen LogP contribution is -2.50. The molecule has 0 spiro atoms. The molecule has 1 aliphatic carbocycles. The molecule has 0 radical (unpaired) electrons. The van der Waals surface area contributed by atoms with E-state index < -0.39 is 23.9 Å². The summed E-state index contributed by atoms with van der Waals surface area (Å²) in [5.74, 6) is 0.0451. The van der Waals surface area contributed by atoms with Crippen LogP contribution in [0.1, 0.15) is 50.3 Å². The normalized spacial score (nSPS) is 29.7. The van der Waals surface area contributed by atoms with Crippen molar-refractivity contribution >= 4 is 11.6 Å². The van der Waals surface area contributed by atoms with Gasteiger partial charge < -0.3 is 21.1 Å². The van der Waals surface area contributed by atoms with Gasteiger partial charge in [-0.15, -0.1) is 0 Å². The number of ether oxygens (including phenoxy) is 1. The van der Waals surface area contributed by atoms with Gasteiger partial charge in [0.05, 0.1) is 23.8 Å². The van der Waals surface area contributed by atoms with Crippen LogP contribution in [0, 0.1) is 17.8 Å². The van der Waals surface area contributed by atoms with Crippen molar-refractivity contribution < 1.29 is 22.7 Å². The second-order valence-electron chi connectivity index (χ2n) is 9.62. The molecule has 1 amide bonds. The van der Waals surface area contributed by atoms with E-state index >= 15 is 0 Å². The molecule has 2 aliphatic heterocycles. The number of nitrogens with one attached hydrogen (secondary N) is 2. The number of allylic oxidation sites excluding steroid dienone is 3. The minimum absolute atomic E-state index is 0.0112. The summed E-state index contributed by atoms with van der Waals surface area (Å²) in [5, 5.41) is 6.38. The van der Waals surface area contributed by atoms with E-state index in [9.17, 15) is 18.0 Å². The van der Waals surface area contributed by atoms with Crippen LogP contribution in [0.5, 0.6) is 0 Å². The third-order valence-corrected chi connectivity index (χ3v) is 7.02. The number of benzene rings is 1. The number of anilines is 1. The van der Waals surface area contributed by atoms with Crippen LogP contribution in [0.3, 0.4) is 0 Å². The number of fused-ring (bicyclic) bond motifs is 3. The highest BCUT2D eigenvalue weighted by molar-refractivity contribution is 5.81. The fourth-order valence-electron chi connectivity index (χ4n) is 5.05. The molecular formula is C25H32F3N3O2. The molecule has 3 aliphatic rings. The van der Waals surface area contributed by atoms with Crippen LogP contribution in [0.15, 0.2) is 42.5 Å². The van der Waals surface area contributed by atoms with E-state index in [0.29, 0.717) is 17.8 Å². The summed E-state index contributed by atoms with van der Waals surface area (Å²) >= 11 is 0. The summed E-state index contributed by atoms with van der Waals surface area (Å²) in [6.07, 6.45) is 5.52. The number of carbonyl (C=O) groups is 1. The Bertz CT molecular complexity index is 928. The molecule has 0 aromatic heterocycles. The third kappa shape index (κ3) is 5.11. The second kappa shape index (κ2) is 9.50. The minimum atomic E-state index is -4.42. The zero-order valence-corrected chi connectivity index (χ0v) is 18.9. The Morgan fingerprint density at radius 3 is 2.73 bits per heavy atom. The van der Waals surface area contributed by atoms with E-state index in [1.165, 1.54) is 12.1 Å². The Kier molecular flexibility index (Phi) is 6.86. The Balaban J connectivity index is 1.57. The molecule has 6 atom stereocenters. The van der Waals surface area contributed by atoms with Crippen molar-refractivity contribution in [1.82, 2.24) is 5.32 Å². The highest BCUT2D eigenvalue weighted by Crippen LogP contribution is 2.49. The first kappa shape index (κ1) is 23.8. The predicted molar refractivity (Wildman–Crippen MR) is 121 cm³/mol. The molecule has 0 saturated carbocycles. The standard InChI is InChI=1S/C25H32F3N3O2/c1-14(2)21(29)24(32)30-13-17-9-10-18-22(15-6-4-3-5-7-15)31-20-11-8-16(25(26,27)28)12-19(20)23(18)33-17/h3-6,8,11-12,14-15,17-18,21-23,31H,7,9-10,13,29H2,1-2H3,(H,30,32)/t15?,17-,18+,21-,22+,23+/m1/s1. The van der Waals surface area contributed by atoms with Gasteiger partial charge in [-0.3, -0.25) is 4.79 Å². The second-order valence-corrected chi connectivity index (χ2v) is 9.62. The van der Waals surface area contributed by atoms with Gasteiger partial charge in [-0.2, -0.15) is 13.2 Å². The SMILES string of the molecule is CC(C)[C@@H](N)C(=O)NC[C@H]1CC[C@@H]2[C@H](O1)c1cc(C(F)(F)F)ccc1N[C@H]2C1C=CC=CC1. The van der Waals surface area contributed by atoms with Gasteiger partial charge in [-0.1, -0.05) is 38.2 Å². The van der Waals surface area contributed by atoms with Gasteiger partial charge in [-0.05, 0) is 43.4 Å². The zero-order chi connectivity index (χ0) is 23.8. The fraction of sp³-hybridized carbons (Fsp3) is 0.560. The van der Waals surface area contributed by atoms with Crippen LogP contribution >= 0.6 is 0 Å². The van der Waals surface area contributed by atoms with Crippen molar-refractivity contribution in [3.63, 3.8) is 0 Å². The van der Waals surface area contributed by atoms with Crippen molar-refractivity contribution in [2.24, 2.45) is 23.5 Å². The van der Waals surface area contributed by atoms with Gasteiger partial charge in [0.2, 0.25) is 5.91 Å². The van der Waals surface area contributed by atoms with Gasteiger partial charge in [0, 0.05) is 35.7 Å². The molecule has 4 N–H and O–H groups in total. The monoisotopic (exact) mass is 463 g/mol. The number of hydrogen-bond donors (Lipinski definition) is 3. The molecule has 180 valence electrons. The number of rotatable bonds is 5. The van der Waals surface area contributed by atoms with E-state index in [4.69, 9.17) is 10.5 Å². The van der Waals surface area contributed by atoms with Crippen LogP contribution in [0.25, 0.3) is 0 Å². The van der Waals surface area contributed by atoms with E-state index in [-0.39, 0.29) is 35.8 Å². The molecule has 2 heterocycles. The summed E-state index contributed by atoms with van der Waals surface area (Å²) in [7, 11) is 0. The van der Waals surface area contributed by atoms with Gasteiger partial charge >= 0.3 is 6.18 Å². The maximum absolute atomic E-state index is 13.4. The van der Waals surface area contributed by atoms with Crippen molar-refractivity contribution in [2.75, 3.05) is 11.9 Å². The summed E-state index contributed by atoms with van der Waals surface area (Å²) in [6, 6.07) is 3.30. The number of amides is 1. The fourth-order valence-corrected chi connectivity index (χ4v) is 5.05. The van der Waals surface area contributed by atoms with Gasteiger partial charge in [0.15, 0.2) is 0 Å². The lowest BCUT2D eigenvalue weighted by molar-refractivity contribution is -0.138. The third-order valence-electron chi connectivity index (χ3n) is 7.02. The van der Waals surface area contributed by atoms with Crippen LogP contribution in [-0.4, -0.2) is 30.6 Å². The maximum atomic E-state index is 13.4. The molecule has 1 saturated heterocycles. The van der Waals surface area contributed by atoms with Gasteiger partial charge in [-0.25, -0.2) is 0 Å². The number of nitrogens with two attached hydrogens (primary N) is 1. The van der Waals surface area contributed by atoms with Crippen LogP contribution in [-0.2, 0) is 15.7 Å². The molecule has 1 aromatic carbocycles. The predicted octanol–water partition coefficient (Wildman–Crippen LogP) is 4.57. The zero-order valence-electron chi connectivity index (χ0n) is 18.9. The molecule has 1 aromatic rings. The Labute approximate surface area is 192 Å². The van der Waals surface area contributed by atoms with Gasteiger partial charge in [0.1, 0.15) is 0 Å². The van der Waals surface area contributed by atoms with E-state index in [1.54, 1.807) is 0 Å². The first-order chi connectivity index (χ1) is 15.6. The molecule has 8 heteroatoms. The quantitative estimate of drug-likeness (QED) is 0.598. The maximum Gasteiger partial charge on any atom is 0.416 e. The molecule has 0 bridgehead atoms. The summed E-state index contributed by atoms with van der Waals surface area (Å²) in [6.45, 7) is 4.05. The van der Waals surface area contributed by atoms with Crippen molar-refractivity contribution in [2.45, 2.75) is 63.6 Å². The van der Waals surface area contributed by atoms with Crippen molar-refractivity contribution in [1.29, 1.82) is 0 Å². The lowest BCUT2D eigenvalue weighted by Gasteiger charge is -2.47.